The highest BCUT2D eigenvalue weighted by atomic mass is 32.1. The minimum absolute atomic E-state index is 0.315. The summed E-state index contributed by atoms with van der Waals surface area (Å²) in [5.41, 5.74) is 1.10. The number of nitrogens with zero attached hydrogens (tertiary/aromatic N) is 2. The maximum absolute atomic E-state index is 5.68. The van der Waals surface area contributed by atoms with Gasteiger partial charge in [0.05, 0.1) is 6.61 Å². The zero-order chi connectivity index (χ0) is 18.4. The minimum Gasteiger partial charge on any atom is -0.477 e. The monoisotopic (exact) mass is 372 g/mol. The van der Waals surface area contributed by atoms with Crippen molar-refractivity contribution in [2.24, 2.45) is 10.9 Å². The Balaban J connectivity index is 1.42. The maximum Gasteiger partial charge on any atom is 0.213 e. The molecule has 0 aliphatic heterocycles. The molecule has 3 rings (SSSR count). The van der Waals surface area contributed by atoms with E-state index in [0.717, 1.165) is 30.5 Å². The van der Waals surface area contributed by atoms with E-state index >= 15 is 0 Å². The lowest BCUT2D eigenvalue weighted by Crippen LogP contribution is -2.42. The molecule has 26 heavy (non-hydrogen) atoms. The summed E-state index contributed by atoms with van der Waals surface area (Å²) in [6.07, 6.45) is 5.44. The number of aliphatic imine (C=N–C) groups is 1. The second-order valence-electron chi connectivity index (χ2n) is 6.95. The summed E-state index contributed by atoms with van der Waals surface area (Å²) >= 11 is 1.85. The van der Waals surface area contributed by atoms with Gasteiger partial charge < -0.3 is 15.4 Å². The maximum atomic E-state index is 5.68. The van der Waals surface area contributed by atoms with Crippen LogP contribution in [0, 0.1) is 12.8 Å². The number of aryl methyl sites for hydroxylation is 1. The Labute approximate surface area is 159 Å². The summed E-state index contributed by atoms with van der Waals surface area (Å²) in [5, 5.41) is 6.79. The third-order valence-corrected chi connectivity index (χ3v) is 5.35. The van der Waals surface area contributed by atoms with Gasteiger partial charge in [0, 0.05) is 48.1 Å². The lowest BCUT2D eigenvalue weighted by Gasteiger charge is -2.17. The molecule has 1 aliphatic rings. The lowest BCUT2D eigenvalue weighted by molar-refractivity contribution is 0.288. The first-order chi connectivity index (χ1) is 12.6. The second kappa shape index (κ2) is 9.03. The molecule has 2 aromatic heterocycles. The molecular weight excluding hydrogens is 344 g/mol. The van der Waals surface area contributed by atoms with Crippen LogP contribution in [-0.4, -0.2) is 30.6 Å². The molecule has 0 saturated heterocycles. The molecule has 2 aromatic rings. The van der Waals surface area contributed by atoms with Crippen LogP contribution in [0.25, 0.3) is 0 Å². The molecule has 1 unspecified atom stereocenters. The van der Waals surface area contributed by atoms with Gasteiger partial charge in [0.15, 0.2) is 5.96 Å². The van der Waals surface area contributed by atoms with Crippen molar-refractivity contribution >= 4 is 17.3 Å². The number of aromatic nitrogens is 1. The largest absolute Gasteiger partial charge is 0.477 e. The Hall–Kier alpha value is -2.08. The SMILES string of the molecule is CN=C(NCc1ccc(OCC2CC2)nc1)NC(C)Cc1ccc(C)s1. The zero-order valence-corrected chi connectivity index (χ0v) is 16.6. The third-order valence-electron chi connectivity index (χ3n) is 4.33. The van der Waals surface area contributed by atoms with Gasteiger partial charge in [0.25, 0.3) is 0 Å². The van der Waals surface area contributed by atoms with Crippen LogP contribution in [0.3, 0.4) is 0 Å². The van der Waals surface area contributed by atoms with Gasteiger partial charge in [0.2, 0.25) is 5.88 Å². The molecule has 0 aromatic carbocycles. The highest BCUT2D eigenvalue weighted by Crippen LogP contribution is 2.29. The minimum atomic E-state index is 0.315. The molecule has 1 atom stereocenters. The average molecular weight is 373 g/mol. The summed E-state index contributed by atoms with van der Waals surface area (Å²) in [7, 11) is 1.80. The van der Waals surface area contributed by atoms with Crippen LogP contribution in [0.15, 0.2) is 35.5 Å². The van der Waals surface area contributed by atoms with Crippen molar-refractivity contribution < 1.29 is 4.74 Å². The molecule has 5 nitrogen and oxygen atoms in total. The van der Waals surface area contributed by atoms with Gasteiger partial charge in [-0.1, -0.05) is 6.07 Å². The van der Waals surface area contributed by atoms with Gasteiger partial charge in [-0.05, 0) is 50.3 Å². The fraction of sp³-hybridized carbons (Fsp3) is 0.500. The number of rotatable bonds is 8. The molecule has 1 fully saturated rings. The highest BCUT2D eigenvalue weighted by molar-refractivity contribution is 7.11. The average Bonchev–Trinajstić information content (AvgIpc) is 3.39. The van der Waals surface area contributed by atoms with E-state index in [1.165, 1.54) is 22.6 Å². The highest BCUT2D eigenvalue weighted by Gasteiger charge is 2.22. The molecule has 0 amide bonds. The number of guanidine groups is 1. The molecule has 1 saturated carbocycles. The summed E-state index contributed by atoms with van der Waals surface area (Å²) in [5.74, 6) is 2.26. The van der Waals surface area contributed by atoms with Gasteiger partial charge in [0.1, 0.15) is 0 Å². The molecular formula is C20H28N4OS. The van der Waals surface area contributed by atoms with Crippen LogP contribution in [0.5, 0.6) is 5.88 Å². The summed E-state index contributed by atoms with van der Waals surface area (Å²) in [6, 6.07) is 8.68. The smallest absolute Gasteiger partial charge is 0.213 e. The standard InChI is InChI=1S/C20H28N4OS/c1-14(10-18-8-4-15(2)26-18)24-20(21-3)23-12-17-7-9-19(22-11-17)25-13-16-5-6-16/h4,7-9,11,14,16H,5-6,10,12-13H2,1-3H3,(H2,21,23,24). The predicted molar refractivity (Wildman–Crippen MR) is 108 cm³/mol. The fourth-order valence-corrected chi connectivity index (χ4v) is 3.67. The van der Waals surface area contributed by atoms with E-state index in [-0.39, 0.29) is 0 Å². The van der Waals surface area contributed by atoms with Crippen LogP contribution in [0.4, 0.5) is 0 Å². The molecule has 0 spiro atoms. The number of hydrogen-bond acceptors (Lipinski definition) is 4. The van der Waals surface area contributed by atoms with Crippen LogP contribution >= 0.6 is 11.3 Å². The van der Waals surface area contributed by atoms with E-state index in [9.17, 15) is 0 Å². The fourth-order valence-electron chi connectivity index (χ4n) is 2.65. The van der Waals surface area contributed by atoms with Gasteiger partial charge >= 0.3 is 0 Å². The predicted octanol–water partition coefficient (Wildman–Crippen LogP) is 3.54. The summed E-state index contributed by atoms with van der Waals surface area (Å²) < 4.78 is 5.68. The Bertz CT molecular complexity index is 722. The quantitative estimate of drug-likeness (QED) is 0.550. The van der Waals surface area contributed by atoms with E-state index in [0.29, 0.717) is 18.5 Å². The Kier molecular flexibility index (Phi) is 6.50. The molecule has 1 aliphatic carbocycles. The van der Waals surface area contributed by atoms with Crippen LogP contribution in [0.1, 0.15) is 35.1 Å². The van der Waals surface area contributed by atoms with E-state index in [1.54, 1.807) is 7.05 Å². The molecule has 2 heterocycles. The second-order valence-corrected chi connectivity index (χ2v) is 8.32. The van der Waals surface area contributed by atoms with Crippen molar-refractivity contribution in [1.29, 1.82) is 0 Å². The topological polar surface area (TPSA) is 58.5 Å². The summed E-state index contributed by atoms with van der Waals surface area (Å²) in [4.78, 5) is 11.4. The number of nitrogens with one attached hydrogen (secondary N) is 2. The van der Waals surface area contributed by atoms with Crippen molar-refractivity contribution in [2.45, 2.75) is 45.7 Å². The van der Waals surface area contributed by atoms with Crippen molar-refractivity contribution in [3.63, 3.8) is 0 Å². The molecule has 2 N–H and O–H groups in total. The Morgan fingerprint density at radius 3 is 2.81 bits per heavy atom. The van der Waals surface area contributed by atoms with Gasteiger partial charge in [-0.25, -0.2) is 4.98 Å². The molecule has 6 heteroatoms. The van der Waals surface area contributed by atoms with Gasteiger partial charge in [-0.2, -0.15) is 0 Å². The number of thiophene rings is 1. The Morgan fingerprint density at radius 1 is 1.35 bits per heavy atom. The van der Waals surface area contributed by atoms with Crippen LogP contribution < -0.4 is 15.4 Å². The number of ether oxygens (including phenoxy) is 1. The zero-order valence-electron chi connectivity index (χ0n) is 15.8. The first kappa shape index (κ1) is 18.7. The third kappa shape index (κ3) is 6.02. The van der Waals surface area contributed by atoms with Crippen LogP contribution in [-0.2, 0) is 13.0 Å². The van der Waals surface area contributed by atoms with Crippen molar-refractivity contribution in [2.75, 3.05) is 13.7 Å². The first-order valence-corrected chi connectivity index (χ1v) is 10.0. The van der Waals surface area contributed by atoms with Crippen molar-refractivity contribution in [3.8, 4) is 5.88 Å². The molecule has 0 radical (unpaired) electrons. The van der Waals surface area contributed by atoms with Crippen molar-refractivity contribution in [1.82, 2.24) is 15.6 Å². The van der Waals surface area contributed by atoms with Gasteiger partial charge in [-0.3, -0.25) is 4.99 Å². The molecule has 140 valence electrons. The van der Waals surface area contributed by atoms with Crippen molar-refractivity contribution in [3.05, 3.63) is 45.8 Å². The summed E-state index contributed by atoms with van der Waals surface area (Å²) in [6.45, 7) is 5.79. The lowest BCUT2D eigenvalue weighted by atomic mass is 10.2. The molecule has 0 bridgehead atoms. The number of hydrogen-bond donors (Lipinski definition) is 2. The van der Waals surface area contributed by atoms with E-state index < -0.39 is 0 Å². The van der Waals surface area contributed by atoms with Crippen LogP contribution in [0.2, 0.25) is 0 Å². The Morgan fingerprint density at radius 2 is 2.19 bits per heavy atom. The van der Waals surface area contributed by atoms with E-state index in [2.05, 4.69) is 46.6 Å². The number of pyridine rings is 1. The van der Waals surface area contributed by atoms with Gasteiger partial charge in [-0.15, -0.1) is 11.3 Å². The van der Waals surface area contributed by atoms with E-state index in [4.69, 9.17) is 4.74 Å². The normalized spacial score (nSPS) is 15.6. The first-order valence-electron chi connectivity index (χ1n) is 9.22. The van der Waals surface area contributed by atoms with E-state index in [1.807, 2.05) is 29.7 Å².